The summed E-state index contributed by atoms with van der Waals surface area (Å²) < 4.78 is 0. The summed E-state index contributed by atoms with van der Waals surface area (Å²) in [5.41, 5.74) is 0. The van der Waals surface area contributed by atoms with Gasteiger partial charge in [0.15, 0.2) is 0 Å². The molecule has 0 saturated heterocycles. The molecule has 5 heteroatoms. The first-order valence-corrected chi connectivity index (χ1v) is 6.25. The van der Waals surface area contributed by atoms with Crippen LogP contribution in [0, 0.1) is 11.8 Å². The summed E-state index contributed by atoms with van der Waals surface area (Å²) in [7, 11) is 0. The molecule has 2 N–H and O–H groups in total. The molecule has 0 aromatic carbocycles. The number of carbonyl (C=O) groups is 2. The lowest BCUT2D eigenvalue weighted by molar-refractivity contribution is -0.140. The zero-order chi connectivity index (χ0) is 13.0. The van der Waals surface area contributed by atoms with Crippen molar-refractivity contribution in [2.75, 3.05) is 19.6 Å². The number of aliphatic carboxylic acids is 1. The number of nitrogens with one attached hydrogen (secondary N) is 1. The van der Waals surface area contributed by atoms with Crippen molar-refractivity contribution in [3.05, 3.63) is 0 Å². The highest BCUT2D eigenvalue weighted by Crippen LogP contribution is 2.38. The van der Waals surface area contributed by atoms with E-state index in [0.29, 0.717) is 6.42 Å². The van der Waals surface area contributed by atoms with Crippen LogP contribution in [-0.2, 0) is 9.59 Å². The number of likely N-dealkylation sites (N-methyl/N-ethyl adjacent to an activating group) is 1. The first-order valence-electron chi connectivity index (χ1n) is 6.25. The predicted molar refractivity (Wildman–Crippen MR) is 64.6 cm³/mol. The van der Waals surface area contributed by atoms with Gasteiger partial charge < -0.3 is 15.3 Å². The molecular weight excluding hydrogens is 220 g/mol. The Balaban J connectivity index is 2.29. The standard InChI is InChI=1S/C12H22N2O3/c1-4-14(5-2)7-8(3)13-11(15)9-6-10(9)12(16)17/h8-10H,4-7H2,1-3H3,(H,13,15)(H,16,17)/t8?,9-,10+/m1/s1. The van der Waals surface area contributed by atoms with Crippen molar-refractivity contribution < 1.29 is 14.7 Å². The first kappa shape index (κ1) is 14.0. The predicted octanol–water partition coefficient (Wildman–Crippen LogP) is 0.554. The quantitative estimate of drug-likeness (QED) is 0.684. The highest BCUT2D eigenvalue weighted by Gasteiger charge is 2.48. The van der Waals surface area contributed by atoms with E-state index in [4.69, 9.17) is 5.11 Å². The normalized spacial score (nSPS) is 24.5. The van der Waals surface area contributed by atoms with E-state index in [-0.39, 0.29) is 17.9 Å². The molecule has 1 rings (SSSR count). The van der Waals surface area contributed by atoms with Crippen LogP contribution >= 0.6 is 0 Å². The second kappa shape index (κ2) is 6.00. The molecule has 17 heavy (non-hydrogen) atoms. The number of carboxylic acid groups (broad SMARTS) is 1. The average Bonchev–Trinajstić information content (AvgIpc) is 3.05. The third-order valence-electron chi connectivity index (χ3n) is 3.26. The summed E-state index contributed by atoms with van der Waals surface area (Å²) in [5, 5.41) is 11.6. The largest absolute Gasteiger partial charge is 0.481 e. The van der Waals surface area contributed by atoms with E-state index < -0.39 is 11.9 Å². The van der Waals surface area contributed by atoms with Crippen LogP contribution < -0.4 is 5.32 Å². The van der Waals surface area contributed by atoms with Gasteiger partial charge >= 0.3 is 5.97 Å². The Hall–Kier alpha value is -1.10. The molecule has 1 fully saturated rings. The fourth-order valence-electron chi connectivity index (χ4n) is 2.02. The van der Waals surface area contributed by atoms with Gasteiger partial charge in [-0.15, -0.1) is 0 Å². The van der Waals surface area contributed by atoms with Gasteiger partial charge in [0.05, 0.1) is 11.8 Å². The molecule has 0 spiro atoms. The molecule has 1 amide bonds. The van der Waals surface area contributed by atoms with Crippen molar-refractivity contribution >= 4 is 11.9 Å². The SMILES string of the molecule is CCN(CC)CC(C)NC(=O)[C@@H]1C[C@@H]1C(=O)O. The second-order valence-electron chi connectivity index (χ2n) is 4.68. The minimum Gasteiger partial charge on any atom is -0.481 e. The molecule has 0 bridgehead atoms. The van der Waals surface area contributed by atoms with E-state index in [1.807, 2.05) is 6.92 Å². The first-order chi connectivity index (χ1) is 7.99. The highest BCUT2D eigenvalue weighted by molar-refractivity contribution is 5.89. The Kier molecular flexibility index (Phi) is 4.93. The Labute approximate surface area is 102 Å². The minimum absolute atomic E-state index is 0.0671. The number of nitrogens with zero attached hydrogens (tertiary/aromatic N) is 1. The van der Waals surface area contributed by atoms with E-state index in [1.165, 1.54) is 0 Å². The topological polar surface area (TPSA) is 69.6 Å². The van der Waals surface area contributed by atoms with E-state index in [9.17, 15) is 9.59 Å². The summed E-state index contributed by atoms with van der Waals surface area (Å²) in [5.74, 6) is -1.75. The number of rotatable bonds is 7. The van der Waals surface area contributed by atoms with Crippen LogP contribution in [0.15, 0.2) is 0 Å². The summed E-state index contributed by atoms with van der Waals surface area (Å²) in [6.07, 6.45) is 0.485. The maximum Gasteiger partial charge on any atom is 0.307 e. The van der Waals surface area contributed by atoms with Crippen LogP contribution in [-0.4, -0.2) is 47.6 Å². The maximum absolute atomic E-state index is 11.7. The summed E-state index contributed by atoms with van der Waals surface area (Å²) in [4.78, 5) is 24.6. The Morgan fingerprint density at radius 3 is 2.35 bits per heavy atom. The molecular formula is C12H22N2O3. The van der Waals surface area contributed by atoms with Crippen LogP contribution in [0.1, 0.15) is 27.2 Å². The fourth-order valence-corrected chi connectivity index (χ4v) is 2.02. The zero-order valence-corrected chi connectivity index (χ0v) is 10.8. The van der Waals surface area contributed by atoms with Crippen LogP contribution in [0.3, 0.4) is 0 Å². The Bertz CT molecular complexity index is 289. The molecule has 98 valence electrons. The molecule has 0 radical (unpaired) electrons. The molecule has 0 heterocycles. The van der Waals surface area contributed by atoms with Crippen LogP contribution in [0.4, 0.5) is 0 Å². The third kappa shape index (κ3) is 4.00. The third-order valence-corrected chi connectivity index (χ3v) is 3.26. The van der Waals surface area contributed by atoms with Gasteiger partial charge in [-0.3, -0.25) is 9.59 Å². The van der Waals surface area contributed by atoms with Gasteiger partial charge in [-0.25, -0.2) is 0 Å². The van der Waals surface area contributed by atoms with Crippen molar-refractivity contribution in [3.8, 4) is 0 Å². The van der Waals surface area contributed by atoms with E-state index in [1.54, 1.807) is 0 Å². The van der Waals surface area contributed by atoms with E-state index >= 15 is 0 Å². The summed E-state index contributed by atoms with van der Waals surface area (Å²) >= 11 is 0. The average molecular weight is 242 g/mol. The van der Waals surface area contributed by atoms with Gasteiger partial charge in [0.25, 0.3) is 0 Å². The highest BCUT2D eigenvalue weighted by atomic mass is 16.4. The van der Waals surface area contributed by atoms with Crippen LogP contribution in [0.25, 0.3) is 0 Å². The zero-order valence-electron chi connectivity index (χ0n) is 10.8. The van der Waals surface area contributed by atoms with Gasteiger partial charge in [0.1, 0.15) is 0 Å². The Morgan fingerprint density at radius 2 is 1.94 bits per heavy atom. The van der Waals surface area contributed by atoms with Crippen molar-refractivity contribution in [1.29, 1.82) is 0 Å². The van der Waals surface area contributed by atoms with Crippen LogP contribution in [0.2, 0.25) is 0 Å². The van der Waals surface area contributed by atoms with Crippen molar-refractivity contribution in [2.24, 2.45) is 11.8 Å². The van der Waals surface area contributed by atoms with Crippen molar-refractivity contribution in [2.45, 2.75) is 33.2 Å². The van der Waals surface area contributed by atoms with Gasteiger partial charge in [-0.2, -0.15) is 0 Å². The number of hydrogen-bond donors (Lipinski definition) is 2. The smallest absolute Gasteiger partial charge is 0.307 e. The van der Waals surface area contributed by atoms with Crippen LogP contribution in [0.5, 0.6) is 0 Å². The molecule has 0 aromatic heterocycles. The monoisotopic (exact) mass is 242 g/mol. The van der Waals surface area contributed by atoms with Gasteiger partial charge in [-0.1, -0.05) is 13.8 Å². The summed E-state index contributed by atoms with van der Waals surface area (Å²) in [6.45, 7) is 8.84. The Morgan fingerprint density at radius 1 is 1.35 bits per heavy atom. The summed E-state index contributed by atoms with van der Waals surface area (Å²) in [6, 6.07) is 0.0671. The molecule has 0 aromatic rings. The second-order valence-corrected chi connectivity index (χ2v) is 4.68. The van der Waals surface area contributed by atoms with Gasteiger partial charge in [0, 0.05) is 12.6 Å². The molecule has 1 aliphatic rings. The number of carboxylic acids is 1. The molecule has 1 aliphatic carbocycles. The number of carbonyl (C=O) groups excluding carboxylic acids is 1. The number of amides is 1. The lowest BCUT2D eigenvalue weighted by atomic mass is 10.2. The number of hydrogen-bond acceptors (Lipinski definition) is 3. The molecule has 0 aliphatic heterocycles. The van der Waals surface area contributed by atoms with Gasteiger partial charge in [0.2, 0.25) is 5.91 Å². The minimum atomic E-state index is -0.860. The van der Waals surface area contributed by atoms with Crippen molar-refractivity contribution in [3.63, 3.8) is 0 Å². The van der Waals surface area contributed by atoms with E-state index in [2.05, 4.69) is 24.1 Å². The molecule has 5 nitrogen and oxygen atoms in total. The molecule has 1 unspecified atom stereocenters. The van der Waals surface area contributed by atoms with E-state index in [0.717, 1.165) is 19.6 Å². The lowest BCUT2D eigenvalue weighted by Gasteiger charge is -2.23. The fraction of sp³-hybridized carbons (Fsp3) is 0.833. The van der Waals surface area contributed by atoms with Crippen molar-refractivity contribution in [1.82, 2.24) is 10.2 Å². The maximum atomic E-state index is 11.7. The lowest BCUT2D eigenvalue weighted by Crippen LogP contribution is -2.42. The molecule has 3 atom stereocenters. The van der Waals surface area contributed by atoms with Gasteiger partial charge in [-0.05, 0) is 26.4 Å². The molecule has 1 saturated carbocycles.